The number of thioether (sulfide) groups is 1. The third-order valence-corrected chi connectivity index (χ3v) is 5.27. The maximum Gasteiger partial charge on any atom is 0.243 e. The molecule has 0 aliphatic carbocycles. The summed E-state index contributed by atoms with van der Waals surface area (Å²) in [6.45, 7) is -0.107. The Bertz CT molecular complexity index is 759. The van der Waals surface area contributed by atoms with Crippen LogP contribution in [0.1, 0.15) is 0 Å². The first-order chi connectivity index (χ1) is 11.5. The average molecular weight is 448 g/mol. The third kappa shape index (κ3) is 6.02. The molecule has 24 heavy (non-hydrogen) atoms. The van der Waals surface area contributed by atoms with E-state index in [1.807, 2.05) is 18.2 Å². The highest BCUT2D eigenvalue weighted by molar-refractivity contribution is 9.10. The van der Waals surface area contributed by atoms with Crippen molar-refractivity contribution in [2.45, 2.75) is 4.90 Å². The molecule has 2 aromatic rings. The molecule has 2 amide bonds. The van der Waals surface area contributed by atoms with Crippen LogP contribution in [0.5, 0.6) is 0 Å². The molecular formula is C16H13BrCl2N2O2S. The molecule has 0 spiro atoms. The van der Waals surface area contributed by atoms with Crippen molar-refractivity contribution < 1.29 is 9.59 Å². The van der Waals surface area contributed by atoms with Gasteiger partial charge in [-0.15, -0.1) is 11.8 Å². The number of carbonyl (C=O) groups is 2. The normalized spacial score (nSPS) is 10.3. The van der Waals surface area contributed by atoms with Gasteiger partial charge in [0.2, 0.25) is 11.8 Å². The van der Waals surface area contributed by atoms with Crippen LogP contribution in [-0.2, 0) is 9.59 Å². The SMILES string of the molecule is O=C(CSc1cc(Cl)ccc1Cl)NCC(=O)Nc1ccccc1Br. The van der Waals surface area contributed by atoms with Crippen molar-refractivity contribution in [1.29, 1.82) is 0 Å². The van der Waals surface area contributed by atoms with Crippen LogP contribution in [0.25, 0.3) is 0 Å². The minimum Gasteiger partial charge on any atom is -0.346 e. The highest BCUT2D eigenvalue weighted by Crippen LogP contribution is 2.29. The summed E-state index contributed by atoms with van der Waals surface area (Å²) in [5.41, 5.74) is 0.650. The van der Waals surface area contributed by atoms with Crippen LogP contribution < -0.4 is 10.6 Å². The summed E-state index contributed by atoms with van der Waals surface area (Å²) in [5, 5.41) is 6.36. The minimum atomic E-state index is -0.305. The molecule has 0 fully saturated rings. The highest BCUT2D eigenvalue weighted by atomic mass is 79.9. The van der Waals surface area contributed by atoms with Crippen molar-refractivity contribution in [2.24, 2.45) is 0 Å². The summed E-state index contributed by atoms with van der Waals surface area (Å²) in [5.74, 6) is -0.429. The van der Waals surface area contributed by atoms with E-state index < -0.39 is 0 Å². The lowest BCUT2D eigenvalue weighted by Crippen LogP contribution is -2.33. The maximum atomic E-state index is 11.9. The molecule has 0 saturated heterocycles. The van der Waals surface area contributed by atoms with E-state index in [0.717, 1.165) is 9.37 Å². The van der Waals surface area contributed by atoms with Crippen molar-refractivity contribution in [2.75, 3.05) is 17.6 Å². The van der Waals surface area contributed by atoms with E-state index in [9.17, 15) is 9.59 Å². The molecule has 2 N–H and O–H groups in total. The number of amides is 2. The molecule has 8 heteroatoms. The smallest absolute Gasteiger partial charge is 0.243 e. The Kier molecular flexibility index (Phi) is 7.42. The molecule has 0 aliphatic rings. The molecular weight excluding hydrogens is 435 g/mol. The van der Waals surface area contributed by atoms with Crippen LogP contribution in [0.3, 0.4) is 0 Å². The number of benzene rings is 2. The van der Waals surface area contributed by atoms with E-state index in [1.165, 1.54) is 11.8 Å². The maximum absolute atomic E-state index is 11.9. The van der Waals surface area contributed by atoms with Gasteiger partial charge < -0.3 is 10.6 Å². The average Bonchev–Trinajstić information content (AvgIpc) is 2.56. The molecule has 4 nitrogen and oxygen atoms in total. The summed E-state index contributed by atoms with van der Waals surface area (Å²) < 4.78 is 0.774. The molecule has 2 rings (SSSR count). The first kappa shape index (κ1) is 19.1. The van der Waals surface area contributed by atoms with Gasteiger partial charge >= 0.3 is 0 Å². The summed E-state index contributed by atoms with van der Waals surface area (Å²) in [6, 6.07) is 12.3. The zero-order valence-corrected chi connectivity index (χ0v) is 16.2. The van der Waals surface area contributed by atoms with Crippen LogP contribution in [0, 0.1) is 0 Å². The standard InChI is InChI=1S/C16H13BrCl2N2O2S/c17-11-3-1-2-4-13(11)21-15(22)8-20-16(23)9-24-14-7-10(18)5-6-12(14)19/h1-7H,8-9H2,(H,20,23)(H,21,22). The van der Waals surface area contributed by atoms with Gasteiger partial charge in [0.1, 0.15) is 0 Å². The van der Waals surface area contributed by atoms with E-state index in [4.69, 9.17) is 23.2 Å². The van der Waals surface area contributed by atoms with Crippen molar-refractivity contribution in [1.82, 2.24) is 5.32 Å². The molecule has 0 aromatic heterocycles. The van der Waals surface area contributed by atoms with Crippen molar-refractivity contribution in [3.05, 3.63) is 57.0 Å². The Hall–Kier alpha value is -1.21. The number of hydrogen-bond acceptors (Lipinski definition) is 3. The van der Waals surface area contributed by atoms with E-state index in [2.05, 4.69) is 26.6 Å². The first-order valence-corrected chi connectivity index (χ1v) is 9.38. The fourth-order valence-corrected chi connectivity index (χ4v) is 3.42. The molecule has 0 saturated carbocycles. The summed E-state index contributed by atoms with van der Waals surface area (Å²) in [7, 11) is 0. The second-order valence-electron chi connectivity index (χ2n) is 4.67. The molecule has 0 aliphatic heterocycles. The Labute approximate surface area is 162 Å². The van der Waals surface area contributed by atoms with Gasteiger partial charge in [0, 0.05) is 14.4 Å². The van der Waals surface area contributed by atoms with Gasteiger partial charge in [-0.1, -0.05) is 35.3 Å². The van der Waals surface area contributed by atoms with Crippen LogP contribution >= 0.6 is 50.9 Å². The van der Waals surface area contributed by atoms with Crippen LogP contribution in [0.15, 0.2) is 51.8 Å². The predicted octanol–water partition coefficient (Wildman–Crippen LogP) is 4.60. The number of nitrogens with one attached hydrogen (secondary N) is 2. The number of halogens is 3. The van der Waals surface area contributed by atoms with Gasteiger partial charge in [-0.2, -0.15) is 0 Å². The van der Waals surface area contributed by atoms with Gasteiger partial charge in [0.15, 0.2) is 0 Å². The summed E-state index contributed by atoms with van der Waals surface area (Å²) >= 11 is 16.5. The monoisotopic (exact) mass is 446 g/mol. The van der Waals surface area contributed by atoms with Crippen molar-refractivity contribution in [3.8, 4) is 0 Å². The van der Waals surface area contributed by atoms with Gasteiger partial charge in [-0.3, -0.25) is 9.59 Å². The predicted molar refractivity (Wildman–Crippen MR) is 103 cm³/mol. The molecule has 0 atom stereocenters. The highest BCUT2D eigenvalue weighted by Gasteiger charge is 2.09. The molecule has 126 valence electrons. The third-order valence-electron chi connectivity index (χ3n) is 2.85. The van der Waals surface area contributed by atoms with Gasteiger partial charge in [0.25, 0.3) is 0 Å². The van der Waals surface area contributed by atoms with Crippen LogP contribution in [-0.4, -0.2) is 24.1 Å². The zero-order chi connectivity index (χ0) is 17.5. The van der Waals surface area contributed by atoms with Crippen LogP contribution in [0.4, 0.5) is 5.69 Å². The lowest BCUT2D eigenvalue weighted by Gasteiger charge is -2.09. The second kappa shape index (κ2) is 9.32. The van der Waals surface area contributed by atoms with Crippen molar-refractivity contribution >= 4 is 68.4 Å². The topological polar surface area (TPSA) is 58.2 Å². The number of rotatable bonds is 6. The Morgan fingerprint density at radius 2 is 1.83 bits per heavy atom. The fourth-order valence-electron chi connectivity index (χ4n) is 1.72. The number of carbonyl (C=O) groups excluding carboxylic acids is 2. The molecule has 0 unspecified atom stereocenters. The molecule has 0 bridgehead atoms. The summed E-state index contributed by atoms with van der Waals surface area (Å²) in [6.07, 6.45) is 0. The number of hydrogen-bond donors (Lipinski definition) is 2. The second-order valence-corrected chi connectivity index (χ2v) is 7.38. The molecule has 2 aromatic carbocycles. The van der Waals surface area contributed by atoms with E-state index >= 15 is 0 Å². The fraction of sp³-hybridized carbons (Fsp3) is 0.125. The van der Waals surface area contributed by atoms with Gasteiger partial charge in [0.05, 0.1) is 23.0 Å². The molecule has 0 radical (unpaired) electrons. The number of para-hydroxylation sites is 1. The van der Waals surface area contributed by atoms with Crippen molar-refractivity contribution in [3.63, 3.8) is 0 Å². The van der Waals surface area contributed by atoms with Crippen LogP contribution in [0.2, 0.25) is 10.0 Å². The lowest BCUT2D eigenvalue weighted by molar-refractivity contribution is -0.122. The van der Waals surface area contributed by atoms with E-state index in [1.54, 1.807) is 24.3 Å². The Balaban J connectivity index is 1.77. The quantitative estimate of drug-likeness (QED) is 0.636. The Morgan fingerprint density at radius 3 is 2.58 bits per heavy atom. The van der Waals surface area contributed by atoms with Gasteiger partial charge in [-0.25, -0.2) is 0 Å². The first-order valence-electron chi connectivity index (χ1n) is 6.84. The lowest BCUT2D eigenvalue weighted by atomic mass is 10.3. The minimum absolute atomic E-state index is 0.107. The summed E-state index contributed by atoms with van der Waals surface area (Å²) in [4.78, 5) is 24.4. The van der Waals surface area contributed by atoms with E-state index in [-0.39, 0.29) is 24.1 Å². The Morgan fingerprint density at radius 1 is 1.08 bits per heavy atom. The molecule has 0 heterocycles. The van der Waals surface area contributed by atoms with E-state index in [0.29, 0.717) is 15.7 Å². The largest absolute Gasteiger partial charge is 0.346 e. The number of anilines is 1. The van der Waals surface area contributed by atoms with Gasteiger partial charge in [-0.05, 0) is 46.3 Å². The zero-order valence-electron chi connectivity index (χ0n) is 12.3.